The minimum Gasteiger partial charge on any atom is -0.381 e. The molecule has 198 valence electrons. The number of hydrogen-bond acceptors (Lipinski definition) is 7. The number of rotatable bonds is 7. The van der Waals surface area contributed by atoms with Crippen molar-refractivity contribution >= 4 is 29.1 Å². The molecule has 1 N–H and O–H groups in total. The minimum absolute atomic E-state index is 0.140. The molecular formula is C30H33N3O5. The average Bonchev–Trinajstić information content (AvgIpc) is 3.30. The van der Waals surface area contributed by atoms with Gasteiger partial charge in [-0.3, -0.25) is 29.0 Å². The molecule has 2 saturated heterocycles. The molecular weight excluding hydrogens is 482 g/mol. The Kier molecular flexibility index (Phi) is 6.61. The number of nitrogens with one attached hydrogen (secondary N) is 1. The molecule has 8 heteroatoms. The van der Waals surface area contributed by atoms with Gasteiger partial charge < -0.3 is 10.1 Å². The summed E-state index contributed by atoms with van der Waals surface area (Å²) in [5.41, 5.74) is 3.53. The van der Waals surface area contributed by atoms with Crippen LogP contribution >= 0.6 is 0 Å². The first-order valence-electron chi connectivity index (χ1n) is 13.6. The fourth-order valence-corrected chi connectivity index (χ4v) is 6.71. The predicted octanol–water partition coefficient (Wildman–Crippen LogP) is 3.73. The smallest absolute Gasteiger partial charge is 0.264 e. The van der Waals surface area contributed by atoms with E-state index in [1.807, 2.05) is 7.11 Å². The molecule has 0 aromatic heterocycles. The maximum atomic E-state index is 13.3. The van der Waals surface area contributed by atoms with Crippen molar-refractivity contribution in [1.29, 1.82) is 0 Å². The molecule has 1 aliphatic carbocycles. The largest absolute Gasteiger partial charge is 0.381 e. The predicted molar refractivity (Wildman–Crippen MR) is 141 cm³/mol. The van der Waals surface area contributed by atoms with Crippen LogP contribution in [0.4, 0.5) is 5.69 Å². The molecule has 0 radical (unpaired) electrons. The van der Waals surface area contributed by atoms with Crippen LogP contribution in [0.2, 0.25) is 0 Å². The van der Waals surface area contributed by atoms with Crippen LogP contribution in [0, 0.1) is 0 Å². The second kappa shape index (κ2) is 10.1. The summed E-state index contributed by atoms with van der Waals surface area (Å²) < 4.78 is 5.63. The molecule has 2 aromatic carbocycles. The Bertz CT molecular complexity index is 1280. The molecule has 3 fully saturated rings. The number of carbonyl (C=O) groups is 4. The number of amides is 2. The summed E-state index contributed by atoms with van der Waals surface area (Å²) in [6, 6.07) is 14.0. The van der Waals surface area contributed by atoms with Crippen LogP contribution in [-0.2, 0) is 27.4 Å². The van der Waals surface area contributed by atoms with Gasteiger partial charge in [0.1, 0.15) is 5.78 Å². The number of ether oxygens (including phenoxy) is 1. The van der Waals surface area contributed by atoms with E-state index in [-0.39, 0.29) is 30.8 Å². The Hall–Kier alpha value is -3.36. The van der Waals surface area contributed by atoms with Crippen molar-refractivity contribution in [3.63, 3.8) is 0 Å². The zero-order chi connectivity index (χ0) is 26.4. The summed E-state index contributed by atoms with van der Waals surface area (Å²) in [5, 5.41) is 3.33. The minimum atomic E-state index is -0.865. The SMILES string of the molecule is COC1CC2CCC(C1)N2Cc1ccc(CNc2cccc3c2C(=O)N(C2CCC(=O)CC2=O)C3=O)cc1. The van der Waals surface area contributed by atoms with Gasteiger partial charge in [-0.1, -0.05) is 30.3 Å². The van der Waals surface area contributed by atoms with E-state index < -0.39 is 17.9 Å². The van der Waals surface area contributed by atoms with Gasteiger partial charge >= 0.3 is 0 Å². The zero-order valence-corrected chi connectivity index (χ0v) is 21.7. The van der Waals surface area contributed by atoms with E-state index in [0.717, 1.165) is 29.8 Å². The number of fused-ring (bicyclic) bond motifs is 3. The lowest BCUT2D eigenvalue weighted by atomic mass is 9.92. The van der Waals surface area contributed by atoms with E-state index in [4.69, 9.17) is 4.74 Å². The molecule has 1 saturated carbocycles. The Labute approximate surface area is 222 Å². The molecule has 3 atom stereocenters. The van der Waals surface area contributed by atoms with E-state index in [2.05, 4.69) is 34.5 Å². The van der Waals surface area contributed by atoms with Crippen molar-refractivity contribution in [2.75, 3.05) is 12.4 Å². The Morgan fingerprint density at radius 3 is 2.29 bits per heavy atom. The van der Waals surface area contributed by atoms with E-state index in [0.29, 0.717) is 41.5 Å². The van der Waals surface area contributed by atoms with Gasteiger partial charge in [0.25, 0.3) is 11.8 Å². The van der Waals surface area contributed by atoms with Crippen LogP contribution in [0.5, 0.6) is 0 Å². The van der Waals surface area contributed by atoms with Crippen LogP contribution in [0.25, 0.3) is 0 Å². The van der Waals surface area contributed by atoms with E-state index >= 15 is 0 Å². The molecule has 6 rings (SSSR count). The number of benzene rings is 2. The van der Waals surface area contributed by atoms with Crippen molar-refractivity contribution in [2.24, 2.45) is 0 Å². The number of methoxy groups -OCH3 is 1. The Balaban J connectivity index is 1.11. The third-order valence-electron chi connectivity index (χ3n) is 8.74. The molecule has 8 nitrogen and oxygen atoms in total. The summed E-state index contributed by atoms with van der Waals surface area (Å²) in [6.07, 6.45) is 5.30. The number of nitrogens with zero attached hydrogens (tertiary/aromatic N) is 2. The van der Waals surface area contributed by atoms with Gasteiger partial charge in [0.2, 0.25) is 0 Å². The number of ketones is 2. The first-order valence-corrected chi connectivity index (χ1v) is 13.6. The Morgan fingerprint density at radius 1 is 0.895 bits per heavy atom. The van der Waals surface area contributed by atoms with Gasteiger partial charge in [-0.25, -0.2) is 0 Å². The normalized spacial score (nSPS) is 27.2. The lowest BCUT2D eigenvalue weighted by Crippen LogP contribution is -2.47. The highest BCUT2D eigenvalue weighted by Crippen LogP contribution is 2.38. The van der Waals surface area contributed by atoms with Crippen LogP contribution in [-0.4, -0.2) is 64.5 Å². The fraction of sp³-hybridized carbons (Fsp3) is 0.467. The van der Waals surface area contributed by atoms with E-state index in [1.54, 1.807) is 18.2 Å². The number of imide groups is 1. The number of anilines is 1. The second-order valence-corrected chi connectivity index (χ2v) is 11.0. The molecule has 3 unspecified atom stereocenters. The summed E-state index contributed by atoms with van der Waals surface area (Å²) in [5.74, 6) is -1.43. The highest BCUT2D eigenvalue weighted by molar-refractivity contribution is 6.25. The van der Waals surface area contributed by atoms with E-state index in [9.17, 15) is 19.2 Å². The monoisotopic (exact) mass is 515 g/mol. The van der Waals surface area contributed by atoms with Crippen molar-refractivity contribution in [1.82, 2.24) is 9.80 Å². The zero-order valence-electron chi connectivity index (χ0n) is 21.7. The molecule has 3 aliphatic heterocycles. The van der Waals surface area contributed by atoms with Crippen LogP contribution < -0.4 is 5.32 Å². The van der Waals surface area contributed by atoms with Crippen molar-refractivity contribution < 1.29 is 23.9 Å². The molecule has 2 bridgehead atoms. The highest BCUT2D eigenvalue weighted by atomic mass is 16.5. The highest BCUT2D eigenvalue weighted by Gasteiger charge is 2.45. The average molecular weight is 516 g/mol. The third-order valence-corrected chi connectivity index (χ3v) is 8.74. The quantitative estimate of drug-likeness (QED) is 0.443. The number of Topliss-reactive ketones (excluding diaryl/α,β-unsaturated/α-hetero) is 2. The van der Waals surface area contributed by atoms with Crippen LogP contribution in [0.1, 0.15) is 76.8 Å². The lowest BCUT2D eigenvalue weighted by molar-refractivity contribution is -0.132. The maximum Gasteiger partial charge on any atom is 0.264 e. The molecule has 3 heterocycles. The van der Waals surface area contributed by atoms with Crippen molar-refractivity contribution in [3.05, 3.63) is 64.7 Å². The van der Waals surface area contributed by atoms with Gasteiger partial charge in [0, 0.05) is 44.4 Å². The third kappa shape index (κ3) is 4.46. The van der Waals surface area contributed by atoms with E-state index in [1.165, 1.54) is 18.4 Å². The summed E-state index contributed by atoms with van der Waals surface area (Å²) in [4.78, 5) is 54.2. The molecule has 2 aromatic rings. The van der Waals surface area contributed by atoms with Crippen molar-refractivity contribution in [3.8, 4) is 0 Å². The molecule has 0 spiro atoms. The Morgan fingerprint density at radius 2 is 1.61 bits per heavy atom. The molecule has 38 heavy (non-hydrogen) atoms. The van der Waals surface area contributed by atoms with Crippen LogP contribution in [0.15, 0.2) is 42.5 Å². The van der Waals surface area contributed by atoms with Gasteiger partial charge in [0.15, 0.2) is 5.78 Å². The second-order valence-electron chi connectivity index (χ2n) is 11.0. The fourth-order valence-electron chi connectivity index (χ4n) is 6.71. The van der Waals surface area contributed by atoms with Crippen LogP contribution in [0.3, 0.4) is 0 Å². The summed E-state index contributed by atoms with van der Waals surface area (Å²) in [6.45, 7) is 1.45. The van der Waals surface area contributed by atoms with Gasteiger partial charge in [-0.15, -0.1) is 0 Å². The summed E-state index contributed by atoms with van der Waals surface area (Å²) >= 11 is 0. The lowest BCUT2D eigenvalue weighted by Gasteiger charge is -2.38. The number of carbonyl (C=O) groups excluding carboxylic acids is 4. The standard InChI is InChI=1S/C30H33N3O5/c1-38-23-13-20-9-10-21(14-23)32(20)17-19-7-5-18(6-8-19)16-31-25-4-2-3-24-28(25)30(37)33(29(24)36)26-12-11-22(34)15-27(26)35/h2-8,20-21,23,26,31H,9-17H2,1H3. The number of piperidine rings is 1. The van der Waals surface area contributed by atoms with Crippen molar-refractivity contribution in [2.45, 2.75) is 82.3 Å². The number of hydrogen-bond donors (Lipinski definition) is 1. The van der Waals surface area contributed by atoms with Gasteiger partial charge in [-0.2, -0.15) is 0 Å². The first-order chi connectivity index (χ1) is 18.4. The van der Waals surface area contributed by atoms with Gasteiger partial charge in [-0.05, 0) is 55.4 Å². The topological polar surface area (TPSA) is 96.0 Å². The first kappa shape index (κ1) is 24.9. The molecule has 4 aliphatic rings. The summed E-state index contributed by atoms with van der Waals surface area (Å²) in [7, 11) is 1.82. The van der Waals surface area contributed by atoms with Gasteiger partial charge in [0.05, 0.1) is 29.7 Å². The maximum absolute atomic E-state index is 13.3. The molecule has 2 amide bonds.